The molecule has 1 aromatic heterocycles. The van der Waals surface area contributed by atoms with Crippen molar-refractivity contribution in [2.45, 2.75) is 52.4 Å². The first-order valence-corrected chi connectivity index (χ1v) is 16.5. The van der Waals surface area contributed by atoms with Gasteiger partial charge in [0.1, 0.15) is 5.52 Å². The number of hydrogen-bond donors (Lipinski definition) is 1. The van der Waals surface area contributed by atoms with E-state index in [1.54, 1.807) is 12.1 Å². The molecule has 48 heavy (non-hydrogen) atoms. The molecular formula is C44H40N2O2. The number of fused-ring (bicyclic) bond motifs is 7. The zero-order chi connectivity index (χ0) is 33.8. The first-order valence-electron chi connectivity index (χ1n) is 16.5. The molecule has 4 heteroatoms. The summed E-state index contributed by atoms with van der Waals surface area (Å²) >= 11 is 0. The van der Waals surface area contributed by atoms with Crippen molar-refractivity contribution in [3.63, 3.8) is 0 Å². The summed E-state index contributed by atoms with van der Waals surface area (Å²) in [5, 5.41) is 18.5. The standard InChI is InChI=1S/C44H40N2O2/c1-43(2,3)31-24-30(25-32(27-31)44(4,5)6)33-18-12-19-37-34-16-10-11-17-35(34)39-26-29(28-14-8-7-9-15-28)22-23-36(39)38-20-13-21-40(46(47)48)42(38)45-41(33)37/h7-27,45H,1-6H3. The molecule has 0 bridgehead atoms. The quantitative estimate of drug-likeness (QED) is 0.156. The molecule has 0 aliphatic rings. The number of nitrogens with zero attached hydrogens (tertiary/aromatic N) is 1. The Morgan fingerprint density at radius 1 is 0.479 bits per heavy atom. The highest BCUT2D eigenvalue weighted by Gasteiger charge is 2.22. The van der Waals surface area contributed by atoms with Crippen LogP contribution in [0.25, 0.3) is 65.6 Å². The molecule has 7 aromatic rings. The fourth-order valence-corrected chi connectivity index (χ4v) is 6.74. The number of aromatic amines is 1. The van der Waals surface area contributed by atoms with E-state index in [0.29, 0.717) is 5.52 Å². The molecule has 0 spiro atoms. The second kappa shape index (κ2) is 11.6. The molecule has 0 aliphatic heterocycles. The van der Waals surface area contributed by atoms with Crippen LogP contribution in [0.3, 0.4) is 0 Å². The number of H-pyrrole nitrogens is 1. The Hall–Kier alpha value is -5.48. The molecule has 6 aromatic carbocycles. The summed E-state index contributed by atoms with van der Waals surface area (Å²) in [6.45, 7) is 13.5. The van der Waals surface area contributed by atoms with Crippen LogP contribution in [0.2, 0.25) is 0 Å². The number of non-ortho nitro benzene ring substituents is 1. The van der Waals surface area contributed by atoms with E-state index < -0.39 is 0 Å². The van der Waals surface area contributed by atoms with Crippen molar-refractivity contribution in [1.82, 2.24) is 4.98 Å². The van der Waals surface area contributed by atoms with Crippen molar-refractivity contribution in [2.75, 3.05) is 0 Å². The number of nitro groups is 1. The molecule has 0 radical (unpaired) electrons. The van der Waals surface area contributed by atoms with Crippen LogP contribution in [-0.4, -0.2) is 9.91 Å². The Labute approximate surface area is 281 Å². The van der Waals surface area contributed by atoms with Gasteiger partial charge in [0, 0.05) is 22.4 Å². The van der Waals surface area contributed by atoms with Gasteiger partial charge in [0.25, 0.3) is 5.69 Å². The molecule has 1 N–H and O–H groups in total. The van der Waals surface area contributed by atoms with Crippen LogP contribution in [0, 0.1) is 10.1 Å². The Kier molecular flexibility index (Phi) is 7.55. The molecule has 238 valence electrons. The second-order valence-corrected chi connectivity index (χ2v) is 14.8. The maximum atomic E-state index is 12.7. The van der Waals surface area contributed by atoms with E-state index >= 15 is 0 Å². The molecule has 0 fully saturated rings. The first-order chi connectivity index (χ1) is 22.9. The normalized spacial score (nSPS) is 12.1. The zero-order valence-electron chi connectivity index (χ0n) is 28.4. The fourth-order valence-electron chi connectivity index (χ4n) is 6.74. The lowest BCUT2D eigenvalue weighted by atomic mass is 9.79. The summed E-state index contributed by atoms with van der Waals surface area (Å²) in [6, 6.07) is 43.9. The summed E-state index contributed by atoms with van der Waals surface area (Å²) < 4.78 is 0. The number of nitrogens with one attached hydrogen (secondary N) is 1. The van der Waals surface area contributed by atoms with Crippen molar-refractivity contribution in [3.8, 4) is 22.3 Å². The molecule has 1 heterocycles. The van der Waals surface area contributed by atoms with Gasteiger partial charge in [-0.15, -0.1) is 0 Å². The highest BCUT2D eigenvalue weighted by atomic mass is 16.6. The van der Waals surface area contributed by atoms with Crippen LogP contribution < -0.4 is 0 Å². The van der Waals surface area contributed by atoms with Crippen LogP contribution in [0.15, 0.2) is 127 Å². The number of benzene rings is 6. The van der Waals surface area contributed by atoms with Crippen LogP contribution in [-0.2, 0) is 10.8 Å². The summed E-state index contributed by atoms with van der Waals surface area (Å²) in [4.78, 5) is 16.1. The zero-order valence-corrected chi connectivity index (χ0v) is 28.4. The van der Waals surface area contributed by atoms with Gasteiger partial charge in [0.2, 0.25) is 0 Å². The molecule has 0 saturated carbocycles. The molecule has 0 unspecified atom stereocenters. The van der Waals surface area contributed by atoms with Crippen molar-refractivity contribution < 1.29 is 4.92 Å². The number of nitro benzene ring substituents is 1. The molecular weight excluding hydrogens is 588 g/mol. The predicted octanol–water partition coefficient (Wildman–Crippen LogP) is 12.6. The van der Waals surface area contributed by atoms with Crippen molar-refractivity contribution in [3.05, 3.63) is 149 Å². The van der Waals surface area contributed by atoms with Gasteiger partial charge in [0.15, 0.2) is 0 Å². The smallest absolute Gasteiger partial charge is 0.293 e. The van der Waals surface area contributed by atoms with Crippen LogP contribution in [0.4, 0.5) is 5.69 Å². The van der Waals surface area contributed by atoms with Gasteiger partial charge in [-0.25, -0.2) is 0 Å². The highest BCUT2D eigenvalue weighted by Crippen LogP contribution is 2.40. The lowest BCUT2D eigenvalue weighted by Gasteiger charge is -2.26. The van der Waals surface area contributed by atoms with Gasteiger partial charge in [-0.3, -0.25) is 10.1 Å². The molecule has 7 rings (SSSR count). The van der Waals surface area contributed by atoms with Gasteiger partial charge >= 0.3 is 0 Å². The van der Waals surface area contributed by atoms with Gasteiger partial charge in [-0.1, -0.05) is 157 Å². The third-order valence-corrected chi connectivity index (χ3v) is 9.45. The fraction of sp³-hybridized carbons (Fsp3) is 0.182. The minimum atomic E-state index is -0.283. The molecule has 0 atom stereocenters. The largest absolute Gasteiger partial charge is 0.348 e. The van der Waals surface area contributed by atoms with E-state index in [0.717, 1.165) is 60.1 Å². The predicted molar refractivity (Wildman–Crippen MR) is 203 cm³/mol. The van der Waals surface area contributed by atoms with Gasteiger partial charge < -0.3 is 4.98 Å². The van der Waals surface area contributed by atoms with Crippen LogP contribution >= 0.6 is 0 Å². The van der Waals surface area contributed by atoms with Crippen LogP contribution in [0.5, 0.6) is 0 Å². The minimum absolute atomic E-state index is 0.0381. The SMILES string of the molecule is CC(C)(C)c1cc(-c2cccc3c2[nH]c2c([N+](=O)[O-])cccc2c2ccc(-c4ccccc4)cc2c2ccccc32)cc(C(C)(C)C)c1. The molecule has 0 aliphatic carbocycles. The van der Waals surface area contributed by atoms with E-state index in [-0.39, 0.29) is 21.4 Å². The summed E-state index contributed by atoms with van der Waals surface area (Å²) in [5.74, 6) is 0. The molecule has 0 saturated heterocycles. The van der Waals surface area contributed by atoms with E-state index in [9.17, 15) is 10.1 Å². The lowest BCUT2D eigenvalue weighted by Crippen LogP contribution is -2.16. The molecule has 0 amide bonds. The summed E-state index contributed by atoms with van der Waals surface area (Å²) in [7, 11) is 0. The van der Waals surface area contributed by atoms with Crippen molar-refractivity contribution in [2.24, 2.45) is 0 Å². The number of aromatic nitrogens is 1. The highest BCUT2D eigenvalue weighted by molar-refractivity contribution is 6.21. The Morgan fingerprint density at radius 2 is 1.02 bits per heavy atom. The van der Waals surface area contributed by atoms with E-state index in [2.05, 4.69) is 138 Å². The maximum absolute atomic E-state index is 12.7. The summed E-state index contributed by atoms with van der Waals surface area (Å²) in [5.41, 5.74) is 8.02. The Balaban J connectivity index is 1.74. The van der Waals surface area contributed by atoms with E-state index in [4.69, 9.17) is 0 Å². The molecule has 4 nitrogen and oxygen atoms in total. The van der Waals surface area contributed by atoms with E-state index in [1.807, 2.05) is 24.3 Å². The minimum Gasteiger partial charge on any atom is -0.348 e. The van der Waals surface area contributed by atoms with Crippen LogP contribution in [0.1, 0.15) is 52.7 Å². The number of para-hydroxylation sites is 2. The number of hydrogen-bond acceptors (Lipinski definition) is 2. The van der Waals surface area contributed by atoms with Gasteiger partial charge in [-0.05, 0) is 66.3 Å². The monoisotopic (exact) mass is 628 g/mol. The van der Waals surface area contributed by atoms with E-state index in [1.165, 1.54) is 11.1 Å². The van der Waals surface area contributed by atoms with Gasteiger partial charge in [-0.2, -0.15) is 0 Å². The topological polar surface area (TPSA) is 58.9 Å². The Morgan fingerprint density at radius 3 is 1.65 bits per heavy atom. The first kappa shape index (κ1) is 31.1. The Bertz CT molecular complexity index is 2410. The summed E-state index contributed by atoms with van der Waals surface area (Å²) in [6.07, 6.45) is 0. The van der Waals surface area contributed by atoms with Gasteiger partial charge in [0.05, 0.1) is 10.4 Å². The maximum Gasteiger partial charge on any atom is 0.293 e. The average Bonchev–Trinajstić information content (AvgIpc) is 3.12. The lowest BCUT2D eigenvalue weighted by molar-refractivity contribution is -0.383. The van der Waals surface area contributed by atoms with Crippen molar-refractivity contribution >= 4 is 49.0 Å². The number of rotatable bonds is 3. The third kappa shape index (κ3) is 5.58. The second-order valence-electron chi connectivity index (χ2n) is 14.8. The third-order valence-electron chi connectivity index (χ3n) is 9.45. The average molecular weight is 629 g/mol. The van der Waals surface area contributed by atoms with Crippen molar-refractivity contribution in [1.29, 1.82) is 0 Å².